The van der Waals surface area contributed by atoms with Crippen molar-refractivity contribution >= 4 is 5.82 Å². The van der Waals surface area contributed by atoms with Crippen LogP contribution in [0.3, 0.4) is 0 Å². The lowest BCUT2D eigenvalue weighted by Gasteiger charge is -2.21. The molecule has 0 spiro atoms. The molecule has 0 aliphatic heterocycles. The highest BCUT2D eigenvalue weighted by Gasteiger charge is 2.16. The zero-order valence-corrected chi connectivity index (χ0v) is 12.4. The Morgan fingerprint density at radius 3 is 2.67 bits per heavy atom. The third-order valence-corrected chi connectivity index (χ3v) is 2.99. The van der Waals surface area contributed by atoms with E-state index in [2.05, 4.69) is 43.1 Å². The fourth-order valence-electron chi connectivity index (χ4n) is 2.01. The lowest BCUT2D eigenvalue weighted by Crippen LogP contribution is -2.27. The van der Waals surface area contributed by atoms with Gasteiger partial charge in [0.05, 0.1) is 12.3 Å². The molecule has 1 heterocycles. The monoisotopic (exact) mass is 254 g/mol. The lowest BCUT2D eigenvalue weighted by molar-refractivity contribution is 0.206. The van der Waals surface area contributed by atoms with Crippen molar-refractivity contribution in [2.24, 2.45) is 7.05 Å². The molecule has 104 valence electrons. The van der Waals surface area contributed by atoms with E-state index in [0.29, 0.717) is 6.04 Å². The molecule has 1 aromatic rings. The van der Waals surface area contributed by atoms with Crippen molar-refractivity contribution < 1.29 is 4.74 Å². The summed E-state index contributed by atoms with van der Waals surface area (Å²) in [6, 6.07) is 0.474. The van der Waals surface area contributed by atoms with Crippen LogP contribution in [0.2, 0.25) is 0 Å². The first-order valence-electron chi connectivity index (χ1n) is 6.43. The summed E-state index contributed by atoms with van der Waals surface area (Å²) in [5, 5.41) is 7.97. The van der Waals surface area contributed by atoms with E-state index in [1.807, 2.05) is 11.7 Å². The summed E-state index contributed by atoms with van der Waals surface area (Å²) in [7, 11) is 5.79. The molecule has 0 radical (unpaired) electrons. The van der Waals surface area contributed by atoms with Crippen molar-refractivity contribution in [1.82, 2.24) is 15.1 Å². The molecule has 0 amide bonds. The molecule has 0 saturated heterocycles. The standard InChI is InChI=1S/C13H26N4O/c1-10(2)14-9-12-11(3)15-17(5)13(12)16(4)7-8-18-6/h10,14H,7-9H2,1-6H3. The van der Waals surface area contributed by atoms with E-state index in [4.69, 9.17) is 4.74 Å². The molecule has 0 unspecified atom stereocenters. The first kappa shape index (κ1) is 15.0. The smallest absolute Gasteiger partial charge is 0.131 e. The van der Waals surface area contributed by atoms with E-state index in [0.717, 1.165) is 31.2 Å². The number of hydrogen-bond donors (Lipinski definition) is 1. The van der Waals surface area contributed by atoms with Gasteiger partial charge in [-0.25, -0.2) is 0 Å². The molecule has 0 aromatic carbocycles. The molecule has 1 N–H and O–H groups in total. The number of aryl methyl sites for hydroxylation is 2. The predicted octanol–water partition coefficient (Wildman–Crippen LogP) is 1.31. The number of aromatic nitrogens is 2. The van der Waals surface area contributed by atoms with E-state index in [9.17, 15) is 0 Å². The average Bonchev–Trinajstić information content (AvgIpc) is 2.58. The number of likely N-dealkylation sites (N-methyl/N-ethyl adjacent to an activating group) is 1. The van der Waals surface area contributed by atoms with E-state index in [1.165, 1.54) is 5.56 Å². The van der Waals surface area contributed by atoms with Gasteiger partial charge in [0.1, 0.15) is 5.82 Å². The number of hydrogen-bond acceptors (Lipinski definition) is 4. The summed E-state index contributed by atoms with van der Waals surface area (Å²) < 4.78 is 7.08. The van der Waals surface area contributed by atoms with Gasteiger partial charge in [0.25, 0.3) is 0 Å². The van der Waals surface area contributed by atoms with Gasteiger partial charge >= 0.3 is 0 Å². The van der Waals surface area contributed by atoms with Crippen LogP contribution in [0.1, 0.15) is 25.1 Å². The highest BCUT2D eigenvalue weighted by molar-refractivity contribution is 5.49. The van der Waals surface area contributed by atoms with Crippen molar-refractivity contribution in [3.8, 4) is 0 Å². The average molecular weight is 254 g/mol. The van der Waals surface area contributed by atoms with Crippen LogP contribution < -0.4 is 10.2 Å². The predicted molar refractivity (Wildman–Crippen MR) is 75.1 cm³/mol. The third kappa shape index (κ3) is 3.71. The Kier molecular flexibility index (Phi) is 5.62. The maximum Gasteiger partial charge on any atom is 0.131 e. The minimum atomic E-state index is 0.474. The fraction of sp³-hybridized carbons (Fsp3) is 0.769. The summed E-state index contributed by atoms with van der Waals surface area (Å²) in [6.45, 7) is 8.80. The molecule has 5 nitrogen and oxygen atoms in total. The summed E-state index contributed by atoms with van der Waals surface area (Å²) in [5.41, 5.74) is 2.36. The normalized spacial score (nSPS) is 11.3. The summed E-state index contributed by atoms with van der Waals surface area (Å²) in [5.74, 6) is 1.16. The Balaban J connectivity index is 2.87. The molecule has 1 aromatic heterocycles. The largest absolute Gasteiger partial charge is 0.383 e. The molecular formula is C13H26N4O. The SMILES string of the molecule is COCCN(C)c1c(CNC(C)C)c(C)nn1C. The van der Waals surface area contributed by atoms with Crippen molar-refractivity contribution in [3.05, 3.63) is 11.3 Å². The summed E-state index contributed by atoms with van der Waals surface area (Å²) in [6.07, 6.45) is 0. The van der Waals surface area contributed by atoms with E-state index < -0.39 is 0 Å². The molecule has 0 bridgehead atoms. The molecule has 0 saturated carbocycles. The summed E-state index contributed by atoms with van der Waals surface area (Å²) in [4.78, 5) is 2.20. The molecule has 0 atom stereocenters. The zero-order valence-electron chi connectivity index (χ0n) is 12.4. The molecule has 18 heavy (non-hydrogen) atoms. The van der Waals surface area contributed by atoms with Gasteiger partial charge in [0.2, 0.25) is 0 Å². The van der Waals surface area contributed by atoms with E-state index >= 15 is 0 Å². The minimum Gasteiger partial charge on any atom is -0.383 e. The highest BCUT2D eigenvalue weighted by Crippen LogP contribution is 2.22. The van der Waals surface area contributed by atoms with Crippen molar-refractivity contribution in [1.29, 1.82) is 0 Å². The Morgan fingerprint density at radius 2 is 2.11 bits per heavy atom. The Hall–Kier alpha value is -1.07. The van der Waals surface area contributed by atoms with E-state index in [-0.39, 0.29) is 0 Å². The second-order valence-electron chi connectivity index (χ2n) is 4.96. The molecule has 0 aliphatic rings. The Bertz CT molecular complexity index is 373. The molecular weight excluding hydrogens is 228 g/mol. The Labute approximate surface area is 110 Å². The lowest BCUT2D eigenvalue weighted by atomic mass is 10.2. The van der Waals surface area contributed by atoms with Crippen molar-refractivity contribution in [3.63, 3.8) is 0 Å². The van der Waals surface area contributed by atoms with Crippen molar-refractivity contribution in [2.75, 3.05) is 32.2 Å². The first-order chi connectivity index (χ1) is 8.47. The third-order valence-electron chi connectivity index (χ3n) is 2.99. The quantitative estimate of drug-likeness (QED) is 0.796. The van der Waals surface area contributed by atoms with Crippen LogP contribution in [0.4, 0.5) is 5.82 Å². The van der Waals surface area contributed by atoms with Crippen LogP contribution in [-0.4, -0.2) is 43.1 Å². The van der Waals surface area contributed by atoms with Crippen LogP contribution in [0.15, 0.2) is 0 Å². The van der Waals surface area contributed by atoms with Crippen molar-refractivity contribution in [2.45, 2.75) is 33.4 Å². The van der Waals surface area contributed by atoms with Gasteiger partial charge in [-0.15, -0.1) is 0 Å². The van der Waals surface area contributed by atoms with Crippen LogP contribution in [0.5, 0.6) is 0 Å². The second-order valence-corrected chi connectivity index (χ2v) is 4.96. The van der Waals surface area contributed by atoms with Crippen LogP contribution in [0, 0.1) is 6.92 Å². The topological polar surface area (TPSA) is 42.3 Å². The molecule has 0 aliphatic carbocycles. The maximum atomic E-state index is 5.13. The Morgan fingerprint density at radius 1 is 1.44 bits per heavy atom. The number of nitrogens with one attached hydrogen (secondary N) is 1. The number of nitrogens with zero attached hydrogens (tertiary/aromatic N) is 3. The van der Waals surface area contributed by atoms with Gasteiger partial charge in [0.15, 0.2) is 0 Å². The van der Waals surface area contributed by atoms with Gasteiger partial charge in [-0.3, -0.25) is 4.68 Å². The number of ether oxygens (including phenoxy) is 1. The van der Waals surface area contributed by atoms with Gasteiger partial charge in [-0.05, 0) is 6.92 Å². The van der Waals surface area contributed by atoms with Gasteiger partial charge in [-0.2, -0.15) is 5.10 Å². The molecule has 0 fully saturated rings. The van der Waals surface area contributed by atoms with Gasteiger partial charge in [0, 0.05) is 45.9 Å². The van der Waals surface area contributed by atoms with Gasteiger partial charge in [-0.1, -0.05) is 13.8 Å². The summed E-state index contributed by atoms with van der Waals surface area (Å²) >= 11 is 0. The highest BCUT2D eigenvalue weighted by atomic mass is 16.5. The minimum absolute atomic E-state index is 0.474. The molecule has 1 rings (SSSR count). The van der Waals surface area contributed by atoms with E-state index in [1.54, 1.807) is 7.11 Å². The number of rotatable bonds is 7. The zero-order chi connectivity index (χ0) is 13.7. The van der Waals surface area contributed by atoms with Crippen LogP contribution in [-0.2, 0) is 18.3 Å². The van der Waals surface area contributed by atoms with Crippen LogP contribution >= 0.6 is 0 Å². The van der Waals surface area contributed by atoms with Crippen LogP contribution in [0.25, 0.3) is 0 Å². The first-order valence-corrected chi connectivity index (χ1v) is 6.43. The second kappa shape index (κ2) is 6.75. The van der Waals surface area contributed by atoms with Gasteiger partial charge < -0.3 is 15.0 Å². The fourth-order valence-corrected chi connectivity index (χ4v) is 2.01. The number of anilines is 1. The maximum absolute atomic E-state index is 5.13. The number of methoxy groups -OCH3 is 1. The molecule has 5 heteroatoms.